The zero-order valence-corrected chi connectivity index (χ0v) is 18.5. The van der Waals surface area contributed by atoms with Gasteiger partial charge >= 0.3 is 0 Å². The fourth-order valence-electron chi connectivity index (χ4n) is 2.98. The Morgan fingerprint density at radius 2 is 2.07 bits per heavy atom. The Kier molecular flexibility index (Phi) is 5.91. The van der Waals surface area contributed by atoms with Crippen LogP contribution in [0, 0.1) is 0 Å². The molecule has 30 heavy (non-hydrogen) atoms. The van der Waals surface area contributed by atoms with E-state index in [9.17, 15) is 9.59 Å². The predicted octanol–water partition coefficient (Wildman–Crippen LogP) is 4.65. The van der Waals surface area contributed by atoms with Gasteiger partial charge in [0.05, 0.1) is 10.4 Å². The molecule has 4 rings (SSSR count). The van der Waals surface area contributed by atoms with Crippen molar-refractivity contribution in [1.29, 1.82) is 0 Å². The van der Waals surface area contributed by atoms with Crippen LogP contribution in [-0.2, 0) is 6.42 Å². The van der Waals surface area contributed by atoms with Crippen LogP contribution in [0.15, 0.2) is 63.2 Å². The maximum atomic E-state index is 12.9. The maximum Gasteiger partial charge on any atom is 0.257 e. The van der Waals surface area contributed by atoms with Gasteiger partial charge in [-0.1, -0.05) is 31.5 Å². The molecular formula is C21H18BrN5O2S. The highest BCUT2D eigenvalue weighted by atomic mass is 79.9. The van der Waals surface area contributed by atoms with Crippen molar-refractivity contribution in [3.8, 4) is 16.5 Å². The molecule has 0 unspecified atom stereocenters. The van der Waals surface area contributed by atoms with Gasteiger partial charge in [0.15, 0.2) is 0 Å². The first-order valence-corrected chi connectivity index (χ1v) is 11.0. The molecular weight excluding hydrogens is 466 g/mol. The van der Waals surface area contributed by atoms with Crippen LogP contribution < -0.4 is 10.9 Å². The lowest BCUT2D eigenvalue weighted by molar-refractivity contribution is 0.102. The van der Waals surface area contributed by atoms with E-state index in [0.29, 0.717) is 33.7 Å². The van der Waals surface area contributed by atoms with Gasteiger partial charge in [-0.3, -0.25) is 14.6 Å². The smallest absolute Gasteiger partial charge is 0.257 e. The van der Waals surface area contributed by atoms with Crippen molar-refractivity contribution in [2.75, 3.05) is 5.32 Å². The van der Waals surface area contributed by atoms with E-state index in [1.165, 1.54) is 22.1 Å². The Labute approximate surface area is 184 Å². The van der Waals surface area contributed by atoms with Crippen molar-refractivity contribution in [2.45, 2.75) is 19.8 Å². The van der Waals surface area contributed by atoms with Crippen molar-refractivity contribution < 1.29 is 4.79 Å². The minimum atomic E-state index is -0.298. The minimum Gasteiger partial charge on any atom is -0.306 e. The van der Waals surface area contributed by atoms with Crippen molar-refractivity contribution in [3.63, 3.8) is 0 Å². The standard InChI is InChI=1S/C21H18BrN5O2S/c1-2-6-13-11-19(28)25-21(23-13)27-18(12-16(26-27)17-9-5-10-30-17)24-20(29)14-7-3-4-8-15(14)22/h3-5,7-12H,2,6H2,1H3,(H,24,29)(H,23,25,28). The molecule has 152 valence electrons. The Morgan fingerprint density at radius 3 is 2.80 bits per heavy atom. The number of anilines is 1. The van der Waals surface area contributed by atoms with Crippen molar-refractivity contribution in [1.82, 2.24) is 19.7 Å². The zero-order valence-electron chi connectivity index (χ0n) is 16.1. The summed E-state index contributed by atoms with van der Waals surface area (Å²) in [4.78, 5) is 33.2. The number of rotatable bonds is 6. The molecule has 0 saturated heterocycles. The van der Waals surface area contributed by atoms with Gasteiger partial charge in [0.2, 0.25) is 5.95 Å². The number of hydrogen-bond acceptors (Lipinski definition) is 5. The molecule has 1 aromatic carbocycles. The Hall–Kier alpha value is -3.04. The highest BCUT2D eigenvalue weighted by Gasteiger charge is 2.18. The van der Waals surface area contributed by atoms with Crippen molar-refractivity contribution in [2.24, 2.45) is 0 Å². The van der Waals surface area contributed by atoms with E-state index in [0.717, 1.165) is 11.3 Å². The summed E-state index contributed by atoms with van der Waals surface area (Å²) in [5.41, 5.74) is 1.58. The molecule has 1 amide bonds. The average molecular weight is 484 g/mol. The molecule has 0 aliphatic heterocycles. The molecule has 0 fully saturated rings. The largest absolute Gasteiger partial charge is 0.306 e. The first kappa shape index (κ1) is 20.2. The summed E-state index contributed by atoms with van der Waals surface area (Å²) in [6.45, 7) is 2.02. The molecule has 9 heteroatoms. The van der Waals surface area contributed by atoms with Crippen LogP contribution >= 0.6 is 27.3 Å². The number of hydrogen-bond donors (Lipinski definition) is 2. The summed E-state index contributed by atoms with van der Waals surface area (Å²) >= 11 is 4.94. The van der Waals surface area contributed by atoms with Crippen molar-refractivity contribution >= 4 is 39.0 Å². The lowest BCUT2D eigenvalue weighted by Crippen LogP contribution is -2.19. The van der Waals surface area contributed by atoms with E-state index in [4.69, 9.17) is 0 Å². The summed E-state index contributed by atoms with van der Waals surface area (Å²) < 4.78 is 2.15. The quantitative estimate of drug-likeness (QED) is 0.417. The first-order valence-electron chi connectivity index (χ1n) is 9.35. The second-order valence-electron chi connectivity index (χ2n) is 6.55. The molecule has 4 aromatic rings. The number of carbonyl (C=O) groups is 1. The molecule has 0 radical (unpaired) electrons. The summed E-state index contributed by atoms with van der Waals surface area (Å²) in [6, 6.07) is 14.3. The van der Waals surface area contributed by atoms with Gasteiger partial charge in [0.1, 0.15) is 11.5 Å². The normalized spacial score (nSPS) is 10.9. The lowest BCUT2D eigenvalue weighted by Gasteiger charge is -2.09. The molecule has 2 N–H and O–H groups in total. The summed E-state index contributed by atoms with van der Waals surface area (Å²) in [6.07, 6.45) is 1.54. The fourth-order valence-corrected chi connectivity index (χ4v) is 4.13. The third kappa shape index (κ3) is 4.27. The van der Waals surface area contributed by atoms with Crippen LogP contribution in [0.25, 0.3) is 16.5 Å². The number of nitrogens with one attached hydrogen (secondary N) is 2. The average Bonchev–Trinajstić information content (AvgIpc) is 3.38. The Balaban J connectivity index is 1.79. The molecule has 3 aromatic heterocycles. The monoisotopic (exact) mass is 483 g/mol. The summed E-state index contributed by atoms with van der Waals surface area (Å²) in [7, 11) is 0. The number of nitrogens with zero attached hydrogens (tertiary/aromatic N) is 3. The Morgan fingerprint density at radius 1 is 1.23 bits per heavy atom. The number of aromatic amines is 1. The van der Waals surface area contributed by atoms with Crippen LogP contribution in [0.3, 0.4) is 0 Å². The van der Waals surface area contributed by atoms with Gasteiger partial charge in [-0.25, -0.2) is 4.98 Å². The number of thiophene rings is 1. The highest BCUT2D eigenvalue weighted by Crippen LogP contribution is 2.28. The number of benzene rings is 1. The molecule has 0 aliphatic carbocycles. The molecule has 3 heterocycles. The minimum absolute atomic E-state index is 0.260. The number of H-pyrrole nitrogens is 1. The van der Waals surface area contributed by atoms with E-state index in [2.05, 4.69) is 36.3 Å². The number of carbonyl (C=O) groups excluding carboxylic acids is 1. The second kappa shape index (κ2) is 8.76. The molecule has 0 atom stereocenters. The highest BCUT2D eigenvalue weighted by molar-refractivity contribution is 9.10. The van der Waals surface area contributed by atoms with Crippen LogP contribution in [-0.4, -0.2) is 25.7 Å². The van der Waals surface area contributed by atoms with Crippen LogP contribution in [0.2, 0.25) is 0 Å². The number of halogens is 1. The number of amides is 1. The SMILES string of the molecule is CCCc1cc(=O)[nH]c(-n2nc(-c3cccs3)cc2NC(=O)c2ccccc2Br)n1. The molecule has 0 saturated carbocycles. The van der Waals surface area contributed by atoms with Gasteiger partial charge < -0.3 is 5.32 Å². The van der Waals surface area contributed by atoms with Gasteiger partial charge in [-0.15, -0.1) is 11.3 Å². The third-order valence-corrected chi connectivity index (χ3v) is 5.92. The molecule has 7 nitrogen and oxygen atoms in total. The lowest BCUT2D eigenvalue weighted by atomic mass is 10.2. The van der Waals surface area contributed by atoms with Gasteiger partial charge in [-0.05, 0) is 45.9 Å². The van der Waals surface area contributed by atoms with E-state index in [1.807, 2.05) is 30.5 Å². The maximum absolute atomic E-state index is 12.9. The van der Waals surface area contributed by atoms with E-state index in [-0.39, 0.29) is 17.4 Å². The summed E-state index contributed by atoms with van der Waals surface area (Å²) in [5, 5.41) is 9.45. The van der Waals surface area contributed by atoms with Gasteiger partial charge in [0, 0.05) is 22.3 Å². The molecule has 0 bridgehead atoms. The van der Waals surface area contributed by atoms with E-state index in [1.54, 1.807) is 24.3 Å². The zero-order chi connectivity index (χ0) is 21.1. The predicted molar refractivity (Wildman–Crippen MR) is 121 cm³/mol. The number of aryl methyl sites for hydroxylation is 1. The second-order valence-corrected chi connectivity index (χ2v) is 8.35. The number of aromatic nitrogens is 4. The van der Waals surface area contributed by atoms with Gasteiger partial charge in [-0.2, -0.15) is 9.78 Å². The topological polar surface area (TPSA) is 92.7 Å². The molecule has 0 spiro atoms. The first-order chi connectivity index (χ1) is 14.5. The Bertz CT molecular complexity index is 1250. The third-order valence-electron chi connectivity index (χ3n) is 4.33. The van der Waals surface area contributed by atoms with E-state index >= 15 is 0 Å². The summed E-state index contributed by atoms with van der Waals surface area (Å²) in [5.74, 6) is 0.376. The van der Waals surface area contributed by atoms with Crippen molar-refractivity contribution in [3.05, 3.63) is 80.0 Å². The van der Waals surface area contributed by atoms with Crippen LogP contribution in [0.5, 0.6) is 0 Å². The van der Waals surface area contributed by atoms with Gasteiger partial charge in [0.25, 0.3) is 11.5 Å². The molecule has 0 aliphatic rings. The van der Waals surface area contributed by atoms with Crippen LogP contribution in [0.1, 0.15) is 29.4 Å². The fraction of sp³-hybridized carbons (Fsp3) is 0.143. The van der Waals surface area contributed by atoms with Crippen LogP contribution in [0.4, 0.5) is 5.82 Å². The van der Waals surface area contributed by atoms with E-state index < -0.39 is 0 Å².